The van der Waals surface area contributed by atoms with Crippen LogP contribution in [0.2, 0.25) is 10.0 Å². The van der Waals surface area contributed by atoms with Gasteiger partial charge in [0, 0.05) is 15.7 Å². The number of nitrogens with two attached hydrogens (primary N) is 1. The van der Waals surface area contributed by atoms with Crippen LogP contribution in [0, 0.1) is 13.8 Å². The Morgan fingerprint density at radius 2 is 1.48 bits per heavy atom. The Labute approximate surface area is 169 Å². The zero-order chi connectivity index (χ0) is 16.9. The van der Waals surface area contributed by atoms with Gasteiger partial charge in [0.15, 0.2) is 0 Å². The van der Waals surface area contributed by atoms with Crippen LogP contribution in [0.15, 0.2) is 36.4 Å². The molecule has 0 radical (unpaired) electrons. The van der Waals surface area contributed by atoms with Gasteiger partial charge in [-0.1, -0.05) is 41.4 Å². The van der Waals surface area contributed by atoms with E-state index in [1.807, 2.05) is 25.1 Å². The van der Waals surface area contributed by atoms with Gasteiger partial charge in [-0.2, -0.15) is 0 Å². The minimum absolute atomic E-state index is 0. The van der Waals surface area contributed by atoms with Gasteiger partial charge in [0.25, 0.3) is 0 Å². The zero-order valence-corrected chi connectivity index (χ0v) is 17.5. The summed E-state index contributed by atoms with van der Waals surface area (Å²) in [6.07, 6.45) is 0. The molecule has 0 amide bonds. The van der Waals surface area contributed by atoms with Crippen LogP contribution in [-0.4, -0.2) is 13.0 Å². The molecule has 0 bridgehead atoms. The third-order valence-corrected chi connectivity index (χ3v) is 4.51. The molecule has 0 unspecified atom stereocenters. The van der Waals surface area contributed by atoms with Gasteiger partial charge in [-0.25, -0.2) is 8.42 Å². The first-order valence-corrected chi connectivity index (χ1v) is 8.63. The largest absolute Gasteiger partial charge is 1.00 e. The Hall–Kier alpha value is -0.270. The van der Waals surface area contributed by atoms with E-state index in [9.17, 15) is 13.0 Å². The summed E-state index contributed by atoms with van der Waals surface area (Å²) in [5, 5.41) is 1.20. The van der Waals surface area contributed by atoms with Crippen molar-refractivity contribution in [1.29, 1.82) is 0 Å². The predicted octanol–water partition coefficient (Wildman–Crippen LogP) is 0.928. The number of rotatable bonds is 2. The number of halogens is 2. The van der Waals surface area contributed by atoms with E-state index in [-0.39, 0.29) is 29.6 Å². The second-order valence-electron chi connectivity index (χ2n) is 4.68. The van der Waals surface area contributed by atoms with Crippen molar-refractivity contribution in [2.75, 3.05) is 5.73 Å². The van der Waals surface area contributed by atoms with Gasteiger partial charge >= 0.3 is 29.6 Å². The molecule has 0 fully saturated rings. The van der Waals surface area contributed by atoms with E-state index in [1.54, 1.807) is 25.1 Å². The molecule has 2 rings (SSSR count). The molecule has 0 aliphatic rings. The summed E-state index contributed by atoms with van der Waals surface area (Å²) >= 11 is 11.5. The standard InChI is InChI=1S/C8H9ClO3S.C7H8ClN.Na/c1-6-7(5-13(10,11)12)3-2-4-8(6)9;1-5-6(8)3-2-4-7(5)9;/h2-4H,5H2,1H3,(H,10,11,12);2-4H,9H2,1H3;/q;;+1/p-1. The first-order chi connectivity index (χ1) is 10.1. The van der Waals surface area contributed by atoms with Gasteiger partial charge in [0.1, 0.15) is 0 Å². The van der Waals surface area contributed by atoms with Crippen molar-refractivity contribution in [3.63, 3.8) is 0 Å². The maximum absolute atomic E-state index is 10.5. The molecule has 0 aliphatic carbocycles. The first kappa shape index (κ1) is 22.7. The molecule has 0 spiro atoms. The summed E-state index contributed by atoms with van der Waals surface area (Å²) in [7, 11) is -4.23. The van der Waals surface area contributed by atoms with Crippen molar-refractivity contribution >= 4 is 39.0 Å². The number of hydrogen-bond acceptors (Lipinski definition) is 4. The Bertz CT molecular complexity index is 747. The number of nitrogen functional groups attached to an aromatic ring is 1. The summed E-state index contributed by atoms with van der Waals surface area (Å²) in [6.45, 7) is 3.58. The second-order valence-corrected chi connectivity index (χ2v) is 6.90. The molecule has 120 valence electrons. The van der Waals surface area contributed by atoms with Crippen LogP contribution in [0.3, 0.4) is 0 Å². The molecular formula is C15H16Cl2NNaO3S. The van der Waals surface area contributed by atoms with Crippen LogP contribution < -0.4 is 35.3 Å². The van der Waals surface area contributed by atoms with Crippen LogP contribution in [0.25, 0.3) is 0 Å². The maximum Gasteiger partial charge on any atom is 1.00 e. The summed E-state index contributed by atoms with van der Waals surface area (Å²) < 4.78 is 31.4. The van der Waals surface area contributed by atoms with Gasteiger partial charge < -0.3 is 10.3 Å². The van der Waals surface area contributed by atoms with Gasteiger partial charge in [-0.3, -0.25) is 0 Å². The molecular weight excluding hydrogens is 368 g/mol. The van der Waals surface area contributed by atoms with Gasteiger partial charge in [0.2, 0.25) is 0 Å². The van der Waals surface area contributed by atoms with Gasteiger partial charge in [-0.15, -0.1) is 0 Å². The fraction of sp³-hybridized carbons (Fsp3) is 0.200. The van der Waals surface area contributed by atoms with E-state index in [2.05, 4.69) is 0 Å². The number of hydrogen-bond donors (Lipinski definition) is 1. The Morgan fingerprint density at radius 1 is 1.00 bits per heavy atom. The van der Waals surface area contributed by atoms with Crippen LogP contribution in [0.1, 0.15) is 16.7 Å². The third-order valence-electron chi connectivity index (χ3n) is 3.02. The Morgan fingerprint density at radius 3 is 1.91 bits per heavy atom. The molecule has 0 saturated carbocycles. The summed E-state index contributed by atoms with van der Waals surface area (Å²) in [5.74, 6) is -0.501. The molecule has 0 saturated heterocycles. The van der Waals surface area contributed by atoms with E-state index in [0.717, 1.165) is 16.3 Å². The van der Waals surface area contributed by atoms with Crippen LogP contribution >= 0.6 is 23.2 Å². The molecule has 0 aromatic heterocycles. The van der Waals surface area contributed by atoms with E-state index < -0.39 is 15.9 Å². The average molecular weight is 384 g/mol. The SMILES string of the molecule is Cc1c(Cl)cccc1CS(=O)(=O)[O-].Cc1c(N)cccc1Cl.[Na+]. The fourth-order valence-electron chi connectivity index (χ4n) is 1.62. The topological polar surface area (TPSA) is 83.2 Å². The normalized spacial score (nSPS) is 10.3. The van der Waals surface area contributed by atoms with E-state index >= 15 is 0 Å². The third kappa shape index (κ3) is 7.90. The second kappa shape index (κ2) is 9.89. The van der Waals surface area contributed by atoms with Crippen molar-refractivity contribution in [1.82, 2.24) is 0 Å². The van der Waals surface area contributed by atoms with E-state index in [0.29, 0.717) is 16.1 Å². The Balaban J connectivity index is 0.000000427. The minimum Gasteiger partial charge on any atom is -0.748 e. The van der Waals surface area contributed by atoms with Crippen molar-refractivity contribution in [3.05, 3.63) is 63.1 Å². The summed E-state index contributed by atoms with van der Waals surface area (Å²) in [6, 6.07) is 10.4. The predicted molar refractivity (Wildman–Crippen MR) is 90.2 cm³/mol. The molecule has 2 aromatic rings. The molecule has 4 nitrogen and oxygen atoms in total. The zero-order valence-electron chi connectivity index (χ0n) is 13.1. The maximum atomic E-state index is 10.5. The van der Waals surface area contributed by atoms with Crippen LogP contribution in [-0.2, 0) is 15.9 Å². The molecule has 0 aliphatic heterocycles. The first-order valence-electron chi connectivity index (χ1n) is 6.30. The number of benzene rings is 2. The van der Waals surface area contributed by atoms with Crippen molar-refractivity contribution in [2.24, 2.45) is 0 Å². The van der Waals surface area contributed by atoms with Crippen molar-refractivity contribution < 1.29 is 42.5 Å². The molecule has 0 atom stereocenters. The van der Waals surface area contributed by atoms with Crippen molar-refractivity contribution in [3.8, 4) is 0 Å². The van der Waals surface area contributed by atoms with Crippen LogP contribution in [0.4, 0.5) is 5.69 Å². The number of anilines is 1. The average Bonchev–Trinajstić information content (AvgIpc) is 2.40. The monoisotopic (exact) mass is 383 g/mol. The summed E-state index contributed by atoms with van der Waals surface area (Å²) in [5.41, 5.74) is 8.35. The smallest absolute Gasteiger partial charge is 0.748 e. The molecule has 0 heterocycles. The molecule has 23 heavy (non-hydrogen) atoms. The van der Waals surface area contributed by atoms with E-state index in [1.165, 1.54) is 0 Å². The molecule has 2 aromatic carbocycles. The molecule has 2 N–H and O–H groups in total. The molecule has 8 heteroatoms. The van der Waals surface area contributed by atoms with Crippen molar-refractivity contribution in [2.45, 2.75) is 19.6 Å². The minimum atomic E-state index is -4.23. The quantitative estimate of drug-likeness (QED) is 0.474. The van der Waals surface area contributed by atoms with Gasteiger partial charge in [-0.05, 0) is 48.7 Å². The fourth-order valence-corrected chi connectivity index (χ4v) is 2.69. The van der Waals surface area contributed by atoms with Crippen LogP contribution in [0.5, 0.6) is 0 Å². The Kier molecular flexibility index (Phi) is 9.77. The van der Waals surface area contributed by atoms with E-state index in [4.69, 9.17) is 28.9 Å². The van der Waals surface area contributed by atoms with Gasteiger partial charge in [0.05, 0.1) is 15.9 Å². The summed E-state index contributed by atoms with van der Waals surface area (Å²) in [4.78, 5) is 0.